The minimum atomic E-state index is 0.0258. The van der Waals surface area contributed by atoms with Crippen LogP contribution in [-0.4, -0.2) is 22.2 Å². The number of rotatable bonds is 5. The van der Waals surface area contributed by atoms with Crippen LogP contribution in [0.4, 0.5) is 0 Å². The lowest BCUT2D eigenvalue weighted by atomic mass is 10.1. The molecule has 0 amide bonds. The zero-order valence-corrected chi connectivity index (χ0v) is 13.2. The van der Waals surface area contributed by atoms with Crippen LogP contribution in [0.15, 0.2) is 28.9 Å². The van der Waals surface area contributed by atoms with Crippen LogP contribution in [0.25, 0.3) is 0 Å². The predicted octanol–water partition coefficient (Wildman–Crippen LogP) is 2.76. The van der Waals surface area contributed by atoms with Crippen LogP contribution in [0.1, 0.15) is 49.1 Å². The van der Waals surface area contributed by atoms with Crippen molar-refractivity contribution >= 4 is 0 Å². The number of furan rings is 1. The Morgan fingerprint density at radius 3 is 3.00 bits per heavy atom. The Hall–Kier alpha value is -1.59. The van der Waals surface area contributed by atoms with Crippen molar-refractivity contribution in [2.24, 2.45) is 13.0 Å². The monoisotopic (exact) mass is 301 g/mol. The average molecular weight is 301 g/mol. The molecule has 2 fully saturated rings. The van der Waals surface area contributed by atoms with Crippen LogP contribution in [-0.2, 0) is 18.3 Å². The first-order chi connectivity index (χ1) is 10.7. The number of aryl methyl sites for hydroxylation is 1. The number of imidazole rings is 1. The van der Waals surface area contributed by atoms with Crippen LogP contribution in [0.5, 0.6) is 0 Å². The van der Waals surface area contributed by atoms with Crippen molar-refractivity contribution in [3.8, 4) is 0 Å². The number of nitrogens with zero attached hydrogens (tertiary/aromatic N) is 2. The third-order valence-electron chi connectivity index (χ3n) is 4.90. The van der Waals surface area contributed by atoms with Crippen LogP contribution in [0.3, 0.4) is 0 Å². The van der Waals surface area contributed by atoms with Gasteiger partial charge in [-0.2, -0.15) is 0 Å². The summed E-state index contributed by atoms with van der Waals surface area (Å²) in [6, 6.07) is 4.51. The second-order valence-corrected chi connectivity index (χ2v) is 6.59. The van der Waals surface area contributed by atoms with Gasteiger partial charge >= 0.3 is 0 Å². The molecule has 5 heteroatoms. The molecule has 0 aromatic carbocycles. The second kappa shape index (κ2) is 5.56. The molecule has 1 saturated carbocycles. The maximum absolute atomic E-state index is 5.96. The van der Waals surface area contributed by atoms with E-state index in [1.165, 1.54) is 6.42 Å². The summed E-state index contributed by atoms with van der Waals surface area (Å²) < 4.78 is 13.9. The highest BCUT2D eigenvalue weighted by molar-refractivity contribution is 5.17. The van der Waals surface area contributed by atoms with Crippen molar-refractivity contribution in [3.05, 3.63) is 41.9 Å². The fourth-order valence-electron chi connectivity index (χ4n) is 3.34. The number of hydrogen-bond acceptors (Lipinski definition) is 4. The maximum Gasteiger partial charge on any atom is 0.139 e. The van der Waals surface area contributed by atoms with Crippen molar-refractivity contribution in [1.82, 2.24) is 14.9 Å². The number of aromatic nitrogens is 2. The van der Waals surface area contributed by atoms with Crippen molar-refractivity contribution in [2.45, 2.75) is 44.4 Å². The molecule has 1 saturated heterocycles. The summed E-state index contributed by atoms with van der Waals surface area (Å²) in [7, 11) is 2.01. The van der Waals surface area contributed by atoms with Crippen molar-refractivity contribution in [1.29, 1.82) is 0 Å². The van der Waals surface area contributed by atoms with E-state index in [1.54, 1.807) is 0 Å². The molecular formula is C17H23N3O2. The van der Waals surface area contributed by atoms with Crippen molar-refractivity contribution in [3.63, 3.8) is 0 Å². The molecule has 2 aromatic rings. The number of ether oxygens (including phenoxy) is 1. The van der Waals surface area contributed by atoms with Crippen LogP contribution >= 0.6 is 0 Å². The molecule has 0 spiro atoms. The molecule has 4 rings (SSSR count). The standard InChI is InChI=1S/C17H23N3O2/c1-11-9-13(11)15-4-3-12(22-15)10-19-14-5-8-21-16(14)17-18-6-7-20(17)2/h3-4,6-7,11,13-14,16,19H,5,8-10H2,1-2H3/t11-,13-,14-,16-/m0/s1. The topological polar surface area (TPSA) is 52.2 Å². The zero-order valence-electron chi connectivity index (χ0n) is 13.2. The van der Waals surface area contributed by atoms with E-state index in [1.807, 2.05) is 24.0 Å². The summed E-state index contributed by atoms with van der Waals surface area (Å²) in [5, 5.41) is 3.58. The Morgan fingerprint density at radius 1 is 1.41 bits per heavy atom. The molecule has 3 heterocycles. The van der Waals surface area contributed by atoms with Crippen molar-refractivity contribution in [2.75, 3.05) is 6.61 Å². The van der Waals surface area contributed by atoms with Gasteiger partial charge in [0.25, 0.3) is 0 Å². The molecule has 22 heavy (non-hydrogen) atoms. The van der Waals surface area contributed by atoms with E-state index in [0.717, 1.165) is 42.8 Å². The molecule has 2 aliphatic rings. The Labute approximate surface area is 130 Å². The van der Waals surface area contributed by atoms with Gasteiger partial charge in [0.2, 0.25) is 0 Å². The minimum absolute atomic E-state index is 0.0258. The lowest BCUT2D eigenvalue weighted by molar-refractivity contribution is 0.0889. The van der Waals surface area contributed by atoms with E-state index in [9.17, 15) is 0 Å². The van der Waals surface area contributed by atoms with E-state index in [2.05, 4.69) is 29.4 Å². The molecule has 0 radical (unpaired) electrons. The van der Waals surface area contributed by atoms with Gasteiger partial charge in [0, 0.05) is 38.0 Å². The second-order valence-electron chi connectivity index (χ2n) is 6.59. The molecule has 0 bridgehead atoms. The first-order valence-electron chi connectivity index (χ1n) is 8.13. The highest BCUT2D eigenvalue weighted by Gasteiger charge is 2.37. The number of nitrogens with one attached hydrogen (secondary N) is 1. The van der Waals surface area contributed by atoms with Gasteiger partial charge < -0.3 is 19.0 Å². The Bertz CT molecular complexity index is 648. The summed E-state index contributed by atoms with van der Waals surface area (Å²) >= 11 is 0. The van der Waals surface area contributed by atoms with Crippen LogP contribution in [0.2, 0.25) is 0 Å². The van der Waals surface area contributed by atoms with Gasteiger partial charge in [-0.1, -0.05) is 6.92 Å². The lowest BCUT2D eigenvalue weighted by Gasteiger charge is -2.19. The predicted molar refractivity (Wildman–Crippen MR) is 82.4 cm³/mol. The fraction of sp³-hybridized carbons (Fsp3) is 0.588. The van der Waals surface area contributed by atoms with Gasteiger partial charge in [-0.05, 0) is 30.9 Å². The summed E-state index contributed by atoms with van der Waals surface area (Å²) in [6.07, 6.45) is 6.08. The van der Waals surface area contributed by atoms with E-state index in [0.29, 0.717) is 5.92 Å². The third kappa shape index (κ3) is 2.59. The molecule has 1 aliphatic heterocycles. The fourth-order valence-corrected chi connectivity index (χ4v) is 3.34. The first-order valence-corrected chi connectivity index (χ1v) is 8.13. The largest absolute Gasteiger partial charge is 0.464 e. The minimum Gasteiger partial charge on any atom is -0.464 e. The maximum atomic E-state index is 5.96. The van der Waals surface area contributed by atoms with Gasteiger partial charge in [0.1, 0.15) is 23.4 Å². The summed E-state index contributed by atoms with van der Waals surface area (Å²) in [5.74, 6) is 4.57. The normalized spacial score (nSPS) is 30.8. The number of hydrogen-bond donors (Lipinski definition) is 1. The SMILES string of the molecule is C[C@H]1C[C@@H]1c1ccc(CN[C@H]2CCO[C@@H]2c2nccn2C)o1. The smallest absolute Gasteiger partial charge is 0.139 e. The zero-order chi connectivity index (χ0) is 15.1. The average Bonchev–Trinajstić information content (AvgIpc) is 2.97. The van der Waals surface area contributed by atoms with Crippen molar-refractivity contribution < 1.29 is 9.15 Å². The molecule has 118 valence electrons. The van der Waals surface area contributed by atoms with Gasteiger partial charge in [-0.3, -0.25) is 0 Å². The van der Waals surface area contributed by atoms with Gasteiger partial charge in [-0.15, -0.1) is 0 Å². The molecule has 5 nitrogen and oxygen atoms in total. The van der Waals surface area contributed by atoms with Gasteiger partial charge in [0.15, 0.2) is 0 Å². The lowest BCUT2D eigenvalue weighted by Crippen LogP contribution is -2.32. The Balaban J connectivity index is 1.38. The molecule has 4 atom stereocenters. The molecule has 2 aromatic heterocycles. The van der Waals surface area contributed by atoms with Gasteiger partial charge in [0.05, 0.1) is 6.54 Å². The first kappa shape index (κ1) is 14.0. The van der Waals surface area contributed by atoms with E-state index < -0.39 is 0 Å². The highest BCUT2D eigenvalue weighted by Crippen LogP contribution is 2.47. The molecule has 0 unspecified atom stereocenters. The van der Waals surface area contributed by atoms with Gasteiger partial charge in [-0.25, -0.2) is 4.98 Å². The summed E-state index contributed by atoms with van der Waals surface area (Å²) in [4.78, 5) is 4.42. The molecule has 1 aliphatic carbocycles. The van der Waals surface area contributed by atoms with E-state index >= 15 is 0 Å². The highest BCUT2D eigenvalue weighted by atomic mass is 16.5. The Kier molecular flexibility index (Phi) is 3.54. The quantitative estimate of drug-likeness (QED) is 0.922. The van der Waals surface area contributed by atoms with E-state index in [-0.39, 0.29) is 12.1 Å². The summed E-state index contributed by atoms with van der Waals surface area (Å²) in [6.45, 7) is 3.80. The van der Waals surface area contributed by atoms with Crippen LogP contribution in [0, 0.1) is 5.92 Å². The molecule has 1 N–H and O–H groups in total. The third-order valence-corrected chi connectivity index (χ3v) is 4.90. The summed E-state index contributed by atoms with van der Waals surface area (Å²) in [5.41, 5.74) is 0. The van der Waals surface area contributed by atoms with E-state index in [4.69, 9.17) is 9.15 Å². The molecular weight excluding hydrogens is 278 g/mol. The Morgan fingerprint density at radius 2 is 2.27 bits per heavy atom. The van der Waals surface area contributed by atoms with Crippen LogP contribution < -0.4 is 5.32 Å².